The molecule has 8 rings (SSSR count). The minimum absolute atomic E-state index is 0.0655. The van der Waals surface area contributed by atoms with Crippen molar-refractivity contribution in [1.29, 1.82) is 0 Å². The first-order valence-corrected chi connectivity index (χ1v) is 43.7. The van der Waals surface area contributed by atoms with Crippen LogP contribution >= 0.6 is 59.4 Å². The van der Waals surface area contributed by atoms with Crippen molar-refractivity contribution >= 4 is 102 Å². The molecule has 0 aromatic carbocycles. The standard InChI is InChI=1S/C16H27N4O3P.C16H28N3O4P.C15H24BrN2O3P.C14H23BrN3O3P/c1-5-6-10-9-20(16(18)19-14(10)17)15-13(22)12(21)11(23-15)7-8-24(2,3)4;1-10-18-15(17)11(5-7-20)9-19(10)16-14(22)13(21)12(23-16)6-8-24(2,3)4;1-9-7-11(17)10(16)8-18(9)15-14(20)13(19)12(21-15)5-6-22(2,3)4;1-8-17-13(16)9(15)7-18(8)14-12(20)11(19)10(21-14)5-6-22(2,3)4/h9,11-13,15-16,21-22H,2,7-8,18H2,1,3-4H3,(H2,17,19);9,12-14,16,20-22H,1-2,5-8H2,3-4H3,(H2,17,18);7-8,12-15,19-20H,1-2,5-6,17H2,3-4H3;7,10-12,14,19-20H,1-2,5-6H2,3-4H3,(H2,16,17)/t11-,12-,13-,15-,16?;12-,13-,14-,16-;12-,13-,14-,15-;10-,11-,12-,14-/m1111/s1. The average molecular weight is 1500 g/mol. The number of aliphatic imine (C=N–C) groups is 3. The Morgan fingerprint density at radius 3 is 1.27 bits per heavy atom. The van der Waals surface area contributed by atoms with Crippen molar-refractivity contribution in [2.75, 3.05) is 84.6 Å². The predicted molar refractivity (Wildman–Crippen MR) is 389 cm³/mol. The molecule has 0 amide bonds. The first-order chi connectivity index (χ1) is 42.5. The predicted octanol–water partition coefficient (Wildman–Crippen LogP) is 1.65. The van der Waals surface area contributed by atoms with Crippen LogP contribution in [0.3, 0.4) is 0 Å². The lowest BCUT2D eigenvalue weighted by molar-refractivity contribution is -0.0835. The lowest BCUT2D eigenvalue weighted by atomic mass is 10.1. The highest BCUT2D eigenvalue weighted by molar-refractivity contribution is 9.12. The Morgan fingerprint density at radius 2 is 0.880 bits per heavy atom. The van der Waals surface area contributed by atoms with Crippen LogP contribution in [0.1, 0.15) is 39.0 Å². The van der Waals surface area contributed by atoms with Crippen LogP contribution in [0.15, 0.2) is 109 Å². The van der Waals surface area contributed by atoms with E-state index < -0.39 is 132 Å². The van der Waals surface area contributed by atoms with Crippen molar-refractivity contribution < 1.29 is 64.9 Å². The number of hydrogen-bond acceptors (Lipinski definition) is 25. The summed E-state index contributed by atoms with van der Waals surface area (Å²) in [5, 5.41) is 91.6. The third-order valence-electron chi connectivity index (χ3n) is 15.7. The van der Waals surface area contributed by atoms with Crippen LogP contribution in [-0.4, -0.2) is 297 Å². The fourth-order valence-corrected chi connectivity index (χ4v) is 14.9. The van der Waals surface area contributed by atoms with Gasteiger partial charge in [-0.15, -0.1) is 58.7 Å². The number of amidine groups is 3. The van der Waals surface area contributed by atoms with Gasteiger partial charge in [0, 0.05) is 54.8 Å². The molecular formula is C61H102Br2N12O13P4. The number of rotatable bonds is 18. The summed E-state index contributed by atoms with van der Waals surface area (Å²) in [5.41, 5.74) is 31.5. The number of aliphatic hydroxyl groups excluding tert-OH is 9. The molecule has 0 radical (unpaired) electrons. The number of ether oxygens (including phenoxy) is 4. The molecule has 8 heterocycles. The van der Waals surface area contributed by atoms with Crippen LogP contribution in [0.4, 0.5) is 0 Å². The Balaban J connectivity index is 0.000000223. The Labute approximate surface area is 560 Å². The molecule has 0 aromatic rings. The molecule has 31 heteroatoms. The fraction of sp³-hybridized carbons (Fsp3) is 0.590. The summed E-state index contributed by atoms with van der Waals surface area (Å²) in [6, 6.07) is 0. The van der Waals surface area contributed by atoms with Crippen LogP contribution in [-0.2, 0) is 18.9 Å². The zero-order valence-electron chi connectivity index (χ0n) is 54.4. The normalized spacial score (nSPS) is 32.7. The quantitative estimate of drug-likeness (QED) is 0.0685. The largest absolute Gasteiger partial charge is 0.398 e. The van der Waals surface area contributed by atoms with Gasteiger partial charge in [-0.25, -0.2) is 15.0 Å². The van der Waals surface area contributed by atoms with E-state index in [-0.39, 0.29) is 12.4 Å². The van der Waals surface area contributed by atoms with E-state index >= 15 is 0 Å². The maximum atomic E-state index is 10.4. The minimum atomic E-state index is -1.24. The van der Waals surface area contributed by atoms with Crippen LogP contribution in [0, 0.1) is 11.8 Å². The van der Waals surface area contributed by atoms with Crippen LogP contribution in [0.25, 0.3) is 0 Å². The number of allylic oxidation sites excluding steroid dienone is 2. The molecule has 0 spiro atoms. The maximum Gasteiger partial charge on any atom is 0.177 e. The van der Waals surface area contributed by atoms with Gasteiger partial charge in [0.15, 0.2) is 31.2 Å². The van der Waals surface area contributed by atoms with E-state index in [2.05, 4.69) is 157 Å². The summed E-state index contributed by atoms with van der Waals surface area (Å²) in [7, 11) is 0. The number of nitrogens with zero attached hydrogens (tertiary/aromatic N) is 7. The van der Waals surface area contributed by atoms with Gasteiger partial charge in [0.1, 0.15) is 78.0 Å². The molecule has 17 atom stereocenters. The summed E-state index contributed by atoms with van der Waals surface area (Å²) in [6.45, 7) is 25.3. The number of aliphatic hydroxyl groups is 9. The molecule has 0 saturated carbocycles. The summed E-state index contributed by atoms with van der Waals surface area (Å²) < 4.78 is 24.8. The van der Waals surface area contributed by atoms with E-state index in [0.717, 1.165) is 24.6 Å². The third kappa shape index (κ3) is 21.7. The molecule has 19 N–H and O–H groups in total. The Hall–Kier alpha value is -3.51. The fourth-order valence-electron chi connectivity index (χ4n) is 10.4. The molecule has 8 aliphatic heterocycles. The average Bonchev–Trinajstić information content (AvgIpc) is 1.64. The summed E-state index contributed by atoms with van der Waals surface area (Å²) in [4.78, 5) is 18.8. The van der Waals surface area contributed by atoms with Crippen molar-refractivity contribution in [3.8, 4) is 11.8 Å². The highest BCUT2D eigenvalue weighted by Crippen LogP contribution is 2.43. The van der Waals surface area contributed by atoms with Gasteiger partial charge < -0.3 is 107 Å². The first kappa shape index (κ1) is 79.2. The van der Waals surface area contributed by atoms with Crippen molar-refractivity contribution in [1.82, 2.24) is 19.6 Å². The SMILES string of the molecule is C=C1C=C(N)C(Br)=CN1[C@@H]1O[C@H](CCP(=C)(C)C)[C@@H](O)[C@H]1O.C=C1N=C(N)C(Br)=CN1[C@@H]1O[C@H](CCP(=C)(C)C)[C@@H](O)[C@H]1O.C=C1N=C(N)C(CCO)=CN1[C@@H]1O[C@H](CCP(=C)(C)C)[C@@H](O)[C@H]1O.C=P(C)(C)CC[C@H]1O[C@@H](N2C=C(C#CC)C(N)=NC2N)[C@H](O)[C@@H]1O. The van der Waals surface area contributed by atoms with Crippen LogP contribution in [0.2, 0.25) is 0 Å². The Bertz CT molecular complexity index is 3120. The van der Waals surface area contributed by atoms with Gasteiger partial charge >= 0.3 is 0 Å². The number of halogens is 2. The van der Waals surface area contributed by atoms with E-state index in [1.165, 1.54) is 0 Å². The van der Waals surface area contributed by atoms with Crippen molar-refractivity contribution in [2.45, 2.75) is 143 Å². The molecule has 0 aromatic heterocycles. The lowest BCUT2D eigenvalue weighted by Gasteiger charge is -2.34. The van der Waals surface area contributed by atoms with E-state index in [1.807, 2.05) is 0 Å². The Morgan fingerprint density at radius 1 is 0.522 bits per heavy atom. The van der Waals surface area contributed by atoms with Gasteiger partial charge in [-0.1, -0.05) is 25.7 Å². The summed E-state index contributed by atoms with van der Waals surface area (Å²) in [5.74, 6) is 7.15. The molecule has 8 aliphatic rings. The third-order valence-corrected chi connectivity index (χ3v) is 22.9. The molecule has 0 aliphatic carbocycles. The second-order valence-corrected chi connectivity index (χ2v) is 45.5. The smallest absolute Gasteiger partial charge is 0.177 e. The molecule has 518 valence electrons. The van der Waals surface area contributed by atoms with E-state index in [4.69, 9.17) is 52.7 Å². The van der Waals surface area contributed by atoms with Gasteiger partial charge in [0.05, 0.1) is 39.0 Å². The van der Waals surface area contributed by atoms with Crippen molar-refractivity contribution in [3.63, 3.8) is 0 Å². The molecule has 25 nitrogen and oxygen atoms in total. The van der Waals surface area contributed by atoms with Gasteiger partial charge in [-0.3, -0.25) is 5.73 Å². The van der Waals surface area contributed by atoms with Gasteiger partial charge in [-0.2, -0.15) is 0 Å². The highest BCUT2D eigenvalue weighted by Gasteiger charge is 2.50. The molecule has 0 bridgehead atoms. The molecule has 92 heavy (non-hydrogen) atoms. The number of nitrogens with two attached hydrogens (primary N) is 5. The molecular weight excluding hydrogens is 1390 g/mol. The second kappa shape index (κ2) is 33.2. The highest BCUT2D eigenvalue weighted by atomic mass is 79.9. The van der Waals surface area contributed by atoms with Crippen LogP contribution in [0.5, 0.6) is 0 Å². The van der Waals surface area contributed by atoms with Gasteiger partial charge in [0.25, 0.3) is 0 Å². The first-order valence-electron chi connectivity index (χ1n) is 29.9. The monoisotopic (exact) mass is 1490 g/mol. The van der Waals surface area contributed by atoms with Crippen molar-refractivity contribution in [3.05, 3.63) is 93.8 Å². The van der Waals surface area contributed by atoms with E-state index in [0.29, 0.717) is 86.9 Å². The second-order valence-electron chi connectivity index (χ2n) is 26.5. The molecule has 1 unspecified atom stereocenters. The summed E-state index contributed by atoms with van der Waals surface area (Å²) >= 11 is 6.65. The van der Waals surface area contributed by atoms with E-state index in [9.17, 15) is 40.9 Å². The zero-order valence-corrected chi connectivity index (χ0v) is 61.2. The maximum absolute atomic E-state index is 10.4. The van der Waals surface area contributed by atoms with Crippen molar-refractivity contribution in [2.24, 2.45) is 43.6 Å². The number of hydrogen-bond donors (Lipinski definition) is 14. The van der Waals surface area contributed by atoms with E-state index in [1.54, 1.807) is 57.4 Å². The topological polar surface area (TPSA) is 399 Å². The summed E-state index contributed by atoms with van der Waals surface area (Å²) in [6.07, 6.45) is 17.9. The van der Waals surface area contributed by atoms with Gasteiger partial charge in [0.2, 0.25) is 0 Å². The lowest BCUT2D eigenvalue weighted by Crippen LogP contribution is -2.51. The van der Waals surface area contributed by atoms with Crippen LogP contribution < -0.4 is 28.7 Å². The minimum Gasteiger partial charge on any atom is -0.398 e. The zero-order chi connectivity index (χ0) is 69.4. The molecule has 4 saturated heterocycles. The Kier molecular flexibility index (Phi) is 28.5. The van der Waals surface area contributed by atoms with Gasteiger partial charge in [-0.05, 0) is 149 Å². The molecule has 4 fully saturated rings.